The number of hydrogen-bond acceptors (Lipinski definition) is 4. The molecule has 1 fully saturated rings. The molecule has 1 saturated heterocycles. The summed E-state index contributed by atoms with van der Waals surface area (Å²) in [7, 11) is 0. The van der Waals surface area contributed by atoms with Crippen molar-refractivity contribution in [3.8, 4) is 5.75 Å². The second kappa shape index (κ2) is 6.86. The van der Waals surface area contributed by atoms with Crippen molar-refractivity contribution in [3.63, 3.8) is 0 Å². The number of ether oxygens (including phenoxy) is 1. The summed E-state index contributed by atoms with van der Waals surface area (Å²) in [4.78, 5) is 39.0. The monoisotopic (exact) mass is 328 g/mol. The molecule has 6 heteroatoms. The molecular weight excluding hydrogens is 308 g/mol. The van der Waals surface area contributed by atoms with E-state index < -0.39 is 0 Å². The normalized spacial score (nSPS) is 16.9. The van der Waals surface area contributed by atoms with Crippen LogP contribution in [-0.4, -0.2) is 60.2 Å². The summed E-state index contributed by atoms with van der Waals surface area (Å²) in [6.07, 6.45) is 3.44. The molecule has 0 aromatic heterocycles. The van der Waals surface area contributed by atoms with Crippen molar-refractivity contribution in [1.82, 2.24) is 9.80 Å². The molecule has 0 bridgehead atoms. The zero-order chi connectivity index (χ0) is 17.1. The minimum absolute atomic E-state index is 0.0217. The van der Waals surface area contributed by atoms with E-state index >= 15 is 0 Å². The molecule has 0 saturated carbocycles. The summed E-state index contributed by atoms with van der Waals surface area (Å²) in [6, 6.07) is 5.34. The maximum absolute atomic E-state index is 12.2. The Kier molecular flexibility index (Phi) is 4.64. The SMILES string of the molecule is CC(=O)N1CCN(C(=O)/C=C/C(=O)c2ccc3c(c2)CCO3)CC1. The van der Waals surface area contributed by atoms with Gasteiger partial charge in [0.05, 0.1) is 6.61 Å². The van der Waals surface area contributed by atoms with E-state index in [1.54, 1.807) is 21.9 Å². The van der Waals surface area contributed by atoms with Crippen LogP contribution in [0, 0.1) is 0 Å². The summed E-state index contributed by atoms with van der Waals surface area (Å²) < 4.78 is 5.42. The summed E-state index contributed by atoms with van der Waals surface area (Å²) in [5, 5.41) is 0. The van der Waals surface area contributed by atoms with Crippen LogP contribution in [0.3, 0.4) is 0 Å². The number of ketones is 1. The minimum Gasteiger partial charge on any atom is -0.493 e. The van der Waals surface area contributed by atoms with Crippen molar-refractivity contribution < 1.29 is 19.1 Å². The predicted molar refractivity (Wildman–Crippen MR) is 87.9 cm³/mol. The van der Waals surface area contributed by atoms with Crippen LogP contribution in [0.2, 0.25) is 0 Å². The van der Waals surface area contributed by atoms with E-state index in [-0.39, 0.29) is 17.6 Å². The lowest BCUT2D eigenvalue weighted by atomic mass is 10.1. The van der Waals surface area contributed by atoms with E-state index in [2.05, 4.69) is 0 Å². The smallest absolute Gasteiger partial charge is 0.246 e. The molecule has 0 spiro atoms. The van der Waals surface area contributed by atoms with E-state index in [0.29, 0.717) is 38.3 Å². The Balaban J connectivity index is 1.58. The van der Waals surface area contributed by atoms with E-state index in [1.807, 2.05) is 6.07 Å². The molecule has 6 nitrogen and oxygen atoms in total. The summed E-state index contributed by atoms with van der Waals surface area (Å²) >= 11 is 0. The van der Waals surface area contributed by atoms with Gasteiger partial charge >= 0.3 is 0 Å². The highest BCUT2D eigenvalue weighted by Crippen LogP contribution is 2.26. The Morgan fingerprint density at radius 3 is 2.46 bits per heavy atom. The topological polar surface area (TPSA) is 66.9 Å². The molecule has 1 aromatic carbocycles. The molecule has 0 radical (unpaired) electrons. The van der Waals surface area contributed by atoms with Gasteiger partial charge in [-0.1, -0.05) is 0 Å². The number of allylic oxidation sites excluding steroid dienone is 1. The van der Waals surface area contributed by atoms with Crippen LogP contribution in [-0.2, 0) is 16.0 Å². The van der Waals surface area contributed by atoms with Crippen LogP contribution in [0.4, 0.5) is 0 Å². The number of amides is 2. The third kappa shape index (κ3) is 3.48. The molecule has 3 rings (SSSR count). The van der Waals surface area contributed by atoms with E-state index in [0.717, 1.165) is 17.7 Å². The second-order valence-electron chi connectivity index (χ2n) is 5.95. The van der Waals surface area contributed by atoms with Gasteiger partial charge in [0.15, 0.2) is 5.78 Å². The molecule has 0 N–H and O–H groups in total. The molecule has 2 aliphatic heterocycles. The van der Waals surface area contributed by atoms with Gasteiger partial charge in [-0.25, -0.2) is 0 Å². The van der Waals surface area contributed by atoms with Gasteiger partial charge in [0, 0.05) is 51.2 Å². The van der Waals surface area contributed by atoms with Crippen LogP contribution in [0.15, 0.2) is 30.4 Å². The molecule has 24 heavy (non-hydrogen) atoms. The van der Waals surface area contributed by atoms with Gasteiger partial charge in [0.25, 0.3) is 0 Å². The fourth-order valence-corrected chi connectivity index (χ4v) is 2.93. The molecule has 0 aliphatic carbocycles. The molecule has 1 aromatic rings. The van der Waals surface area contributed by atoms with Crippen LogP contribution in [0.1, 0.15) is 22.8 Å². The molecular formula is C18H20N2O4. The Morgan fingerprint density at radius 2 is 1.75 bits per heavy atom. The first-order valence-corrected chi connectivity index (χ1v) is 8.07. The standard InChI is InChI=1S/C18H20N2O4/c1-13(21)19-7-9-20(10-8-19)18(23)5-3-16(22)14-2-4-17-15(12-14)6-11-24-17/h2-5,12H,6-11H2,1H3/b5-3+. The van der Waals surface area contributed by atoms with Crippen LogP contribution in [0.25, 0.3) is 0 Å². The lowest BCUT2D eigenvalue weighted by Gasteiger charge is -2.33. The summed E-state index contributed by atoms with van der Waals surface area (Å²) in [6.45, 7) is 4.23. The van der Waals surface area contributed by atoms with Gasteiger partial charge in [-0.2, -0.15) is 0 Å². The van der Waals surface area contributed by atoms with Gasteiger partial charge in [-0.3, -0.25) is 14.4 Å². The molecule has 2 amide bonds. The van der Waals surface area contributed by atoms with Crippen LogP contribution < -0.4 is 4.74 Å². The van der Waals surface area contributed by atoms with Crippen molar-refractivity contribution in [2.75, 3.05) is 32.8 Å². The molecule has 0 unspecified atom stereocenters. The number of nitrogens with zero attached hydrogens (tertiary/aromatic N) is 2. The van der Waals surface area contributed by atoms with Crippen molar-refractivity contribution in [2.24, 2.45) is 0 Å². The van der Waals surface area contributed by atoms with Crippen molar-refractivity contribution in [3.05, 3.63) is 41.5 Å². The number of rotatable bonds is 3. The second-order valence-corrected chi connectivity index (χ2v) is 5.95. The number of carbonyl (C=O) groups excluding carboxylic acids is 3. The maximum atomic E-state index is 12.2. The van der Waals surface area contributed by atoms with Crippen LogP contribution >= 0.6 is 0 Å². The van der Waals surface area contributed by atoms with Gasteiger partial charge in [0.2, 0.25) is 11.8 Å². The average Bonchev–Trinajstić information content (AvgIpc) is 3.07. The fourth-order valence-electron chi connectivity index (χ4n) is 2.93. The third-order valence-corrected chi connectivity index (χ3v) is 4.39. The van der Waals surface area contributed by atoms with E-state index in [4.69, 9.17) is 4.74 Å². The molecule has 2 aliphatic rings. The van der Waals surface area contributed by atoms with Crippen LogP contribution in [0.5, 0.6) is 5.75 Å². The Morgan fingerprint density at radius 1 is 1.04 bits per heavy atom. The maximum Gasteiger partial charge on any atom is 0.246 e. The van der Waals surface area contributed by atoms with Gasteiger partial charge in [-0.15, -0.1) is 0 Å². The first kappa shape index (κ1) is 16.2. The van der Waals surface area contributed by atoms with Gasteiger partial charge in [-0.05, 0) is 29.8 Å². The number of piperazine rings is 1. The molecule has 2 heterocycles. The van der Waals surface area contributed by atoms with E-state index in [1.165, 1.54) is 19.1 Å². The first-order chi connectivity index (χ1) is 11.5. The largest absolute Gasteiger partial charge is 0.493 e. The van der Waals surface area contributed by atoms with Crippen molar-refractivity contribution in [2.45, 2.75) is 13.3 Å². The summed E-state index contributed by atoms with van der Waals surface area (Å²) in [5.41, 5.74) is 1.59. The minimum atomic E-state index is -0.198. The third-order valence-electron chi connectivity index (χ3n) is 4.39. The number of fused-ring (bicyclic) bond motifs is 1. The highest BCUT2D eigenvalue weighted by Gasteiger charge is 2.21. The molecule has 0 atom stereocenters. The Hall–Kier alpha value is -2.63. The quantitative estimate of drug-likeness (QED) is 0.614. The fraction of sp³-hybridized carbons (Fsp3) is 0.389. The van der Waals surface area contributed by atoms with Gasteiger partial charge in [0.1, 0.15) is 5.75 Å². The van der Waals surface area contributed by atoms with Crippen molar-refractivity contribution >= 4 is 17.6 Å². The lowest BCUT2D eigenvalue weighted by Crippen LogP contribution is -2.49. The Bertz CT molecular complexity index is 703. The predicted octanol–water partition coefficient (Wildman–Crippen LogP) is 1.05. The first-order valence-electron chi connectivity index (χ1n) is 8.07. The zero-order valence-electron chi connectivity index (χ0n) is 13.7. The van der Waals surface area contributed by atoms with E-state index in [9.17, 15) is 14.4 Å². The average molecular weight is 328 g/mol. The highest BCUT2D eigenvalue weighted by molar-refractivity contribution is 6.07. The Labute approximate surface area is 140 Å². The zero-order valence-corrected chi connectivity index (χ0v) is 13.7. The number of carbonyl (C=O) groups is 3. The number of hydrogen-bond donors (Lipinski definition) is 0. The van der Waals surface area contributed by atoms with Gasteiger partial charge < -0.3 is 14.5 Å². The lowest BCUT2D eigenvalue weighted by molar-refractivity contribution is -0.135. The van der Waals surface area contributed by atoms with Crippen molar-refractivity contribution in [1.29, 1.82) is 0 Å². The summed E-state index contributed by atoms with van der Waals surface area (Å²) in [5.74, 6) is 0.458. The number of benzene rings is 1. The molecule has 126 valence electrons. The highest BCUT2D eigenvalue weighted by atomic mass is 16.5.